The fourth-order valence-corrected chi connectivity index (χ4v) is 2.53. The zero-order valence-corrected chi connectivity index (χ0v) is 12.2. The lowest BCUT2D eigenvalue weighted by Gasteiger charge is -2.26. The Labute approximate surface area is 129 Å². The lowest BCUT2D eigenvalue weighted by Crippen LogP contribution is -2.35. The Morgan fingerprint density at radius 2 is 1.86 bits per heavy atom. The molecule has 0 unspecified atom stereocenters. The predicted molar refractivity (Wildman–Crippen MR) is 82.7 cm³/mol. The number of aromatic carboxylic acids is 1. The van der Waals surface area contributed by atoms with E-state index in [4.69, 9.17) is 9.84 Å². The minimum Gasteiger partial charge on any atom is -0.478 e. The van der Waals surface area contributed by atoms with Crippen molar-refractivity contribution in [3.05, 3.63) is 53.9 Å². The molecule has 1 fully saturated rings. The number of aromatic nitrogens is 1. The zero-order valence-electron chi connectivity index (χ0n) is 12.2. The molecule has 0 atom stereocenters. The van der Waals surface area contributed by atoms with Crippen molar-refractivity contribution in [1.29, 1.82) is 0 Å². The van der Waals surface area contributed by atoms with Gasteiger partial charge in [-0.2, -0.15) is 0 Å². The molecule has 1 N–H and O–H groups in total. The highest BCUT2D eigenvalue weighted by molar-refractivity contribution is 5.88. The molecule has 1 aliphatic rings. The molecule has 0 saturated carbocycles. The van der Waals surface area contributed by atoms with E-state index in [0.29, 0.717) is 0 Å². The first kappa shape index (κ1) is 14.7. The van der Waals surface area contributed by atoms with E-state index in [9.17, 15) is 4.79 Å². The highest BCUT2D eigenvalue weighted by Gasteiger charge is 2.11. The molecule has 0 radical (unpaired) electrons. The lowest BCUT2D eigenvalue weighted by atomic mass is 10.0. The quantitative estimate of drug-likeness (QED) is 0.938. The topological polar surface area (TPSA) is 62.7 Å². The number of rotatable bonds is 4. The van der Waals surface area contributed by atoms with Gasteiger partial charge in [0.25, 0.3) is 0 Å². The van der Waals surface area contributed by atoms with Crippen molar-refractivity contribution in [2.45, 2.75) is 6.54 Å². The molecule has 2 aromatic rings. The van der Waals surface area contributed by atoms with Gasteiger partial charge in [0.1, 0.15) is 0 Å². The maximum atomic E-state index is 11.0. The summed E-state index contributed by atoms with van der Waals surface area (Å²) >= 11 is 0. The zero-order chi connectivity index (χ0) is 15.4. The van der Waals surface area contributed by atoms with Crippen molar-refractivity contribution in [3.8, 4) is 11.1 Å². The van der Waals surface area contributed by atoms with Gasteiger partial charge in [-0.1, -0.05) is 24.3 Å². The van der Waals surface area contributed by atoms with Gasteiger partial charge in [-0.05, 0) is 17.2 Å². The number of ether oxygens (including phenoxy) is 1. The molecule has 2 heterocycles. The van der Waals surface area contributed by atoms with E-state index in [1.165, 1.54) is 11.8 Å². The van der Waals surface area contributed by atoms with E-state index in [1.807, 2.05) is 12.1 Å². The van der Waals surface area contributed by atoms with Crippen molar-refractivity contribution in [1.82, 2.24) is 9.88 Å². The van der Waals surface area contributed by atoms with Crippen LogP contribution in [0.15, 0.2) is 42.7 Å². The van der Waals surface area contributed by atoms with Crippen molar-refractivity contribution < 1.29 is 14.6 Å². The molecule has 3 rings (SSSR count). The van der Waals surface area contributed by atoms with Crippen LogP contribution in [0.3, 0.4) is 0 Å². The molecule has 0 aliphatic carbocycles. The summed E-state index contributed by atoms with van der Waals surface area (Å²) in [6.45, 7) is 4.44. The smallest absolute Gasteiger partial charge is 0.337 e. The summed E-state index contributed by atoms with van der Waals surface area (Å²) in [5.41, 5.74) is 3.24. The summed E-state index contributed by atoms with van der Waals surface area (Å²) in [7, 11) is 0. The third kappa shape index (κ3) is 3.50. The van der Waals surface area contributed by atoms with Crippen LogP contribution in [0.2, 0.25) is 0 Å². The molecular formula is C17H18N2O3. The van der Waals surface area contributed by atoms with Crippen LogP contribution in [0.5, 0.6) is 0 Å². The van der Waals surface area contributed by atoms with Crippen LogP contribution in [0, 0.1) is 0 Å². The second kappa shape index (κ2) is 6.68. The van der Waals surface area contributed by atoms with Crippen LogP contribution in [-0.2, 0) is 11.3 Å². The molecule has 1 saturated heterocycles. The predicted octanol–water partition coefficient (Wildman–Crippen LogP) is 2.28. The van der Waals surface area contributed by atoms with Crippen molar-refractivity contribution >= 4 is 5.97 Å². The van der Waals surface area contributed by atoms with Gasteiger partial charge in [0.2, 0.25) is 0 Å². The molecule has 1 aliphatic heterocycles. The summed E-state index contributed by atoms with van der Waals surface area (Å²) in [6.07, 6.45) is 3.04. The molecule has 22 heavy (non-hydrogen) atoms. The molecule has 1 aromatic carbocycles. The SMILES string of the molecule is O=C(O)c1cncc(-c2ccc(CN3CCOCC3)cc2)c1. The molecular weight excluding hydrogens is 280 g/mol. The van der Waals surface area contributed by atoms with Crippen molar-refractivity contribution in [2.24, 2.45) is 0 Å². The second-order valence-electron chi connectivity index (χ2n) is 5.35. The van der Waals surface area contributed by atoms with E-state index < -0.39 is 5.97 Å². The van der Waals surface area contributed by atoms with Crippen molar-refractivity contribution in [2.75, 3.05) is 26.3 Å². The van der Waals surface area contributed by atoms with E-state index in [2.05, 4.69) is 22.0 Å². The average molecular weight is 298 g/mol. The number of pyridine rings is 1. The highest BCUT2D eigenvalue weighted by atomic mass is 16.5. The van der Waals surface area contributed by atoms with Crippen LogP contribution in [0.25, 0.3) is 11.1 Å². The van der Waals surface area contributed by atoms with Gasteiger partial charge < -0.3 is 9.84 Å². The number of benzene rings is 1. The van der Waals surface area contributed by atoms with Gasteiger partial charge in [-0.25, -0.2) is 4.79 Å². The Morgan fingerprint density at radius 3 is 2.55 bits per heavy atom. The number of nitrogens with zero attached hydrogens (tertiary/aromatic N) is 2. The molecule has 0 bridgehead atoms. The number of hydrogen-bond donors (Lipinski definition) is 1. The first-order valence-electron chi connectivity index (χ1n) is 7.30. The number of carboxylic acid groups (broad SMARTS) is 1. The Kier molecular flexibility index (Phi) is 4.46. The Hall–Kier alpha value is -2.24. The fourth-order valence-electron chi connectivity index (χ4n) is 2.53. The van der Waals surface area contributed by atoms with Crippen LogP contribution < -0.4 is 0 Å². The highest BCUT2D eigenvalue weighted by Crippen LogP contribution is 2.20. The molecule has 5 heteroatoms. The number of morpholine rings is 1. The summed E-state index contributed by atoms with van der Waals surface area (Å²) in [4.78, 5) is 17.4. The van der Waals surface area contributed by atoms with Gasteiger partial charge in [-0.15, -0.1) is 0 Å². The average Bonchev–Trinajstić information content (AvgIpc) is 2.56. The van der Waals surface area contributed by atoms with Crippen LogP contribution >= 0.6 is 0 Å². The normalized spacial score (nSPS) is 15.6. The third-order valence-corrected chi connectivity index (χ3v) is 3.78. The number of carboxylic acids is 1. The summed E-state index contributed by atoms with van der Waals surface area (Å²) in [5.74, 6) is -0.960. The Bertz CT molecular complexity index is 649. The van der Waals surface area contributed by atoms with E-state index >= 15 is 0 Å². The maximum absolute atomic E-state index is 11.0. The number of carbonyl (C=O) groups is 1. The van der Waals surface area contributed by atoms with Gasteiger partial charge >= 0.3 is 5.97 Å². The second-order valence-corrected chi connectivity index (χ2v) is 5.35. The molecule has 0 amide bonds. The Morgan fingerprint density at radius 1 is 1.14 bits per heavy atom. The minimum atomic E-state index is -0.960. The summed E-state index contributed by atoms with van der Waals surface area (Å²) < 4.78 is 5.35. The van der Waals surface area contributed by atoms with E-state index in [1.54, 1.807) is 12.3 Å². The number of hydrogen-bond acceptors (Lipinski definition) is 4. The van der Waals surface area contributed by atoms with Gasteiger partial charge in [0, 0.05) is 37.6 Å². The first-order valence-corrected chi connectivity index (χ1v) is 7.30. The van der Waals surface area contributed by atoms with Gasteiger partial charge in [0.15, 0.2) is 0 Å². The lowest BCUT2D eigenvalue weighted by molar-refractivity contribution is 0.0342. The standard InChI is InChI=1S/C17H18N2O3/c20-17(21)16-9-15(10-18-11-16)14-3-1-13(2-4-14)12-19-5-7-22-8-6-19/h1-4,9-11H,5-8,12H2,(H,20,21). The fraction of sp³-hybridized carbons (Fsp3) is 0.294. The van der Waals surface area contributed by atoms with E-state index in [0.717, 1.165) is 44.0 Å². The Balaban J connectivity index is 1.73. The van der Waals surface area contributed by atoms with Gasteiger partial charge in [0.05, 0.1) is 18.8 Å². The monoisotopic (exact) mass is 298 g/mol. The largest absolute Gasteiger partial charge is 0.478 e. The van der Waals surface area contributed by atoms with Crippen LogP contribution in [0.1, 0.15) is 15.9 Å². The summed E-state index contributed by atoms with van der Waals surface area (Å²) in [6, 6.07) is 9.83. The molecule has 0 spiro atoms. The first-order chi connectivity index (χ1) is 10.7. The molecule has 5 nitrogen and oxygen atoms in total. The summed E-state index contributed by atoms with van der Waals surface area (Å²) in [5, 5.41) is 9.03. The van der Waals surface area contributed by atoms with E-state index in [-0.39, 0.29) is 5.56 Å². The van der Waals surface area contributed by atoms with Gasteiger partial charge in [-0.3, -0.25) is 9.88 Å². The maximum Gasteiger partial charge on any atom is 0.337 e. The minimum absolute atomic E-state index is 0.204. The van der Waals surface area contributed by atoms with Crippen molar-refractivity contribution in [3.63, 3.8) is 0 Å². The third-order valence-electron chi connectivity index (χ3n) is 3.78. The molecule has 1 aromatic heterocycles. The van der Waals surface area contributed by atoms with Crippen LogP contribution in [0.4, 0.5) is 0 Å². The molecule has 114 valence electrons. The van der Waals surface area contributed by atoms with Crippen LogP contribution in [-0.4, -0.2) is 47.3 Å².